The van der Waals surface area contributed by atoms with Crippen LogP contribution < -0.4 is 4.74 Å². The molecule has 0 unspecified atom stereocenters. The van der Waals surface area contributed by atoms with Crippen LogP contribution in [0, 0.1) is 0 Å². The molecule has 1 aromatic heterocycles. The van der Waals surface area contributed by atoms with Gasteiger partial charge in [-0.2, -0.15) is 22.0 Å². The van der Waals surface area contributed by atoms with E-state index in [9.17, 15) is 26.7 Å². The highest BCUT2D eigenvalue weighted by Crippen LogP contribution is 2.31. The minimum Gasteiger partial charge on any atom is -0.477 e. The minimum atomic E-state index is -4.88. The molecule has 1 aromatic rings. The fourth-order valence-electron chi connectivity index (χ4n) is 0.946. The van der Waals surface area contributed by atoms with Crippen molar-refractivity contribution in [2.45, 2.75) is 12.8 Å². The van der Waals surface area contributed by atoms with Crippen LogP contribution in [0.2, 0.25) is 0 Å². The van der Waals surface area contributed by atoms with Crippen LogP contribution in [0.1, 0.15) is 16.1 Å². The molecule has 94 valence electrons. The average Bonchev–Trinajstić information content (AvgIpc) is 2.14. The molecule has 0 aliphatic carbocycles. The molecule has 1 rings (SSSR count). The quantitative estimate of drug-likeness (QED) is 0.844. The topological polar surface area (TPSA) is 59.4 Å². The van der Waals surface area contributed by atoms with Crippen LogP contribution in [0.15, 0.2) is 12.3 Å². The number of hydrogen-bond acceptors (Lipinski definition) is 3. The molecule has 9 heteroatoms. The van der Waals surface area contributed by atoms with Gasteiger partial charge in [0.2, 0.25) is 0 Å². The normalized spacial score (nSPS) is 11.6. The highest BCUT2D eigenvalue weighted by molar-refractivity contribution is 5.90. The Morgan fingerprint density at radius 1 is 1.41 bits per heavy atom. The number of rotatable bonds is 3. The van der Waals surface area contributed by atoms with E-state index < -0.39 is 35.8 Å². The van der Waals surface area contributed by atoms with Crippen LogP contribution >= 0.6 is 0 Å². The average molecular weight is 257 g/mol. The zero-order valence-electron chi connectivity index (χ0n) is 7.83. The number of aromatic carboxylic acids is 1. The van der Waals surface area contributed by atoms with Crippen LogP contribution in [0.5, 0.6) is 5.75 Å². The Kier molecular flexibility index (Phi) is 3.49. The first-order valence-corrected chi connectivity index (χ1v) is 3.97. The van der Waals surface area contributed by atoms with Gasteiger partial charge in [0.1, 0.15) is 17.0 Å². The third-order valence-corrected chi connectivity index (χ3v) is 1.60. The molecule has 17 heavy (non-hydrogen) atoms. The number of alkyl halides is 5. The lowest BCUT2D eigenvalue weighted by atomic mass is 10.2. The van der Waals surface area contributed by atoms with Gasteiger partial charge in [0.15, 0.2) is 0 Å². The van der Waals surface area contributed by atoms with Gasteiger partial charge in [-0.1, -0.05) is 0 Å². The first kappa shape index (κ1) is 13.1. The Labute approximate surface area is 90.6 Å². The highest BCUT2D eigenvalue weighted by atomic mass is 19.4. The van der Waals surface area contributed by atoms with Crippen molar-refractivity contribution in [2.75, 3.05) is 0 Å². The van der Waals surface area contributed by atoms with Gasteiger partial charge in [-0.15, -0.1) is 0 Å². The largest absolute Gasteiger partial charge is 0.477 e. The molecule has 0 aliphatic rings. The van der Waals surface area contributed by atoms with E-state index in [4.69, 9.17) is 5.11 Å². The van der Waals surface area contributed by atoms with Gasteiger partial charge in [0.05, 0.1) is 0 Å². The number of hydrogen-bond donors (Lipinski definition) is 1. The SMILES string of the molecule is O=C(O)c1cnc(C(F)(F)F)cc1OC(F)F. The molecule has 0 saturated carbocycles. The summed E-state index contributed by atoms with van der Waals surface area (Å²) in [5.74, 6) is -2.81. The fourth-order valence-corrected chi connectivity index (χ4v) is 0.946. The third kappa shape index (κ3) is 3.26. The summed E-state index contributed by atoms with van der Waals surface area (Å²) >= 11 is 0. The summed E-state index contributed by atoms with van der Waals surface area (Å²) in [4.78, 5) is 13.3. The molecule has 0 aliphatic heterocycles. The van der Waals surface area contributed by atoms with Crippen molar-refractivity contribution in [3.63, 3.8) is 0 Å². The van der Waals surface area contributed by atoms with E-state index in [1.165, 1.54) is 0 Å². The standard InChI is InChI=1S/C8H4F5NO3/c9-7(10)17-4-1-5(8(11,12)13)14-2-3(4)6(15)16/h1-2,7H,(H,15,16). The van der Waals surface area contributed by atoms with Crippen LogP contribution in [0.4, 0.5) is 22.0 Å². The first-order chi connectivity index (χ1) is 7.71. The molecule has 0 spiro atoms. The van der Waals surface area contributed by atoms with Gasteiger partial charge in [-0.3, -0.25) is 4.98 Å². The van der Waals surface area contributed by atoms with Crippen molar-refractivity contribution >= 4 is 5.97 Å². The maximum atomic E-state index is 12.2. The number of carbonyl (C=O) groups is 1. The second kappa shape index (κ2) is 4.52. The van der Waals surface area contributed by atoms with Gasteiger partial charge in [-0.25, -0.2) is 4.79 Å². The Balaban J connectivity index is 3.24. The second-order valence-corrected chi connectivity index (χ2v) is 2.75. The number of pyridine rings is 1. The number of aromatic nitrogens is 1. The van der Waals surface area contributed by atoms with Crippen LogP contribution in [0.25, 0.3) is 0 Å². The lowest BCUT2D eigenvalue weighted by molar-refractivity contribution is -0.141. The van der Waals surface area contributed by atoms with Crippen molar-refractivity contribution in [1.82, 2.24) is 4.98 Å². The monoisotopic (exact) mass is 257 g/mol. The zero-order chi connectivity index (χ0) is 13.2. The third-order valence-electron chi connectivity index (χ3n) is 1.60. The summed E-state index contributed by atoms with van der Waals surface area (Å²) in [6, 6.07) is 0.107. The van der Waals surface area contributed by atoms with Crippen molar-refractivity contribution in [3.05, 3.63) is 23.5 Å². The maximum absolute atomic E-state index is 12.2. The predicted octanol–water partition coefficient (Wildman–Crippen LogP) is 2.40. The van der Waals surface area contributed by atoms with Crippen LogP contribution in [-0.2, 0) is 6.18 Å². The van der Waals surface area contributed by atoms with Gasteiger partial charge >= 0.3 is 18.8 Å². The first-order valence-electron chi connectivity index (χ1n) is 3.97. The lowest BCUT2D eigenvalue weighted by Crippen LogP contribution is -2.13. The summed E-state index contributed by atoms with van der Waals surface area (Å²) in [6.07, 6.45) is -4.57. The predicted molar refractivity (Wildman–Crippen MR) is 42.8 cm³/mol. The molecule has 4 nitrogen and oxygen atoms in total. The van der Waals surface area contributed by atoms with E-state index in [0.29, 0.717) is 6.20 Å². The lowest BCUT2D eigenvalue weighted by Gasteiger charge is -2.10. The maximum Gasteiger partial charge on any atom is 0.433 e. The molecule has 0 bridgehead atoms. The van der Waals surface area contributed by atoms with E-state index in [1.54, 1.807) is 0 Å². The van der Waals surface area contributed by atoms with Crippen LogP contribution in [0.3, 0.4) is 0 Å². The van der Waals surface area contributed by atoms with E-state index in [2.05, 4.69) is 9.72 Å². The van der Waals surface area contributed by atoms with Crippen molar-refractivity contribution in [1.29, 1.82) is 0 Å². The number of nitrogens with zero attached hydrogens (tertiary/aromatic N) is 1. The Hall–Kier alpha value is -1.93. The molecule has 0 radical (unpaired) electrons. The highest BCUT2D eigenvalue weighted by Gasteiger charge is 2.34. The van der Waals surface area contributed by atoms with Crippen molar-refractivity contribution < 1.29 is 36.6 Å². The Bertz CT molecular complexity index is 432. The van der Waals surface area contributed by atoms with E-state index in [-0.39, 0.29) is 6.07 Å². The molecule has 1 N–H and O–H groups in total. The second-order valence-electron chi connectivity index (χ2n) is 2.75. The molecule has 0 saturated heterocycles. The molecule has 0 atom stereocenters. The van der Waals surface area contributed by atoms with Crippen molar-refractivity contribution in [2.24, 2.45) is 0 Å². The van der Waals surface area contributed by atoms with Gasteiger partial charge in [0.25, 0.3) is 0 Å². The molecule has 0 aromatic carbocycles. The fraction of sp³-hybridized carbons (Fsp3) is 0.250. The van der Waals surface area contributed by atoms with Gasteiger partial charge in [-0.05, 0) is 0 Å². The molecule has 1 heterocycles. The zero-order valence-corrected chi connectivity index (χ0v) is 7.83. The summed E-state index contributed by atoms with van der Waals surface area (Å²) < 4.78 is 64.0. The molecular formula is C8H4F5NO3. The number of ether oxygens (including phenoxy) is 1. The van der Waals surface area contributed by atoms with E-state index >= 15 is 0 Å². The van der Waals surface area contributed by atoms with E-state index in [1.807, 2.05) is 0 Å². The van der Waals surface area contributed by atoms with Crippen molar-refractivity contribution in [3.8, 4) is 5.75 Å². The number of carboxylic acid groups (broad SMARTS) is 1. The molecule has 0 amide bonds. The number of carboxylic acids is 1. The minimum absolute atomic E-state index is 0.107. The Morgan fingerprint density at radius 2 is 2.00 bits per heavy atom. The molecule has 0 fully saturated rings. The Morgan fingerprint density at radius 3 is 2.41 bits per heavy atom. The molecular weight excluding hydrogens is 253 g/mol. The van der Waals surface area contributed by atoms with Gasteiger partial charge in [0, 0.05) is 12.3 Å². The number of halogens is 5. The van der Waals surface area contributed by atoms with Gasteiger partial charge < -0.3 is 9.84 Å². The smallest absolute Gasteiger partial charge is 0.433 e. The summed E-state index contributed by atoms with van der Waals surface area (Å²) in [7, 11) is 0. The van der Waals surface area contributed by atoms with Crippen LogP contribution in [-0.4, -0.2) is 22.7 Å². The summed E-state index contributed by atoms with van der Waals surface area (Å²) in [5, 5.41) is 8.53. The summed E-state index contributed by atoms with van der Waals surface area (Å²) in [6.45, 7) is -3.43. The summed E-state index contributed by atoms with van der Waals surface area (Å²) in [5.41, 5.74) is -2.39. The van der Waals surface area contributed by atoms with E-state index in [0.717, 1.165) is 0 Å².